The second-order valence-electron chi connectivity index (χ2n) is 6.10. The Morgan fingerprint density at radius 1 is 0.926 bits per heavy atom. The maximum atomic E-state index is 13.6. The van der Waals surface area contributed by atoms with Gasteiger partial charge in [-0.2, -0.15) is 0 Å². The van der Waals surface area contributed by atoms with Crippen molar-refractivity contribution in [2.24, 2.45) is 0 Å². The monoisotopic (exact) mass is 366 g/mol. The standard InChI is InChI=1S/C20H19FN4O2/c21-16-4-2-1-3-15(16)7-8-22-19-10-20(25-12-24-19)23-11-14-5-6-17-18(9-14)27-13-26-17/h1-6,9-10,12H,7-8,11,13H2,(H2,22,23,24,25). The van der Waals surface area contributed by atoms with Crippen molar-refractivity contribution in [3.63, 3.8) is 0 Å². The summed E-state index contributed by atoms with van der Waals surface area (Å²) in [6, 6.07) is 14.4. The summed E-state index contributed by atoms with van der Waals surface area (Å²) in [4.78, 5) is 8.43. The molecule has 0 saturated carbocycles. The Balaban J connectivity index is 1.31. The number of halogens is 1. The quantitative estimate of drug-likeness (QED) is 0.666. The van der Waals surface area contributed by atoms with Crippen LogP contribution >= 0.6 is 0 Å². The van der Waals surface area contributed by atoms with E-state index in [-0.39, 0.29) is 12.6 Å². The molecular weight excluding hydrogens is 347 g/mol. The van der Waals surface area contributed by atoms with Crippen molar-refractivity contribution in [1.82, 2.24) is 9.97 Å². The van der Waals surface area contributed by atoms with Gasteiger partial charge in [-0.05, 0) is 35.7 Å². The summed E-state index contributed by atoms with van der Waals surface area (Å²) < 4.78 is 24.3. The number of anilines is 2. The number of rotatable bonds is 7. The first-order chi connectivity index (χ1) is 13.3. The van der Waals surface area contributed by atoms with E-state index in [1.54, 1.807) is 12.1 Å². The number of hydrogen-bond acceptors (Lipinski definition) is 6. The number of hydrogen-bond donors (Lipinski definition) is 2. The first-order valence-electron chi connectivity index (χ1n) is 8.70. The third-order valence-electron chi connectivity index (χ3n) is 4.24. The number of benzene rings is 2. The zero-order valence-corrected chi connectivity index (χ0v) is 14.6. The van der Waals surface area contributed by atoms with Crippen LogP contribution in [-0.2, 0) is 13.0 Å². The van der Waals surface area contributed by atoms with Crippen LogP contribution in [-0.4, -0.2) is 23.3 Å². The van der Waals surface area contributed by atoms with Crippen molar-refractivity contribution in [3.05, 3.63) is 71.8 Å². The highest BCUT2D eigenvalue weighted by molar-refractivity contribution is 5.48. The Morgan fingerprint density at radius 3 is 2.63 bits per heavy atom. The minimum absolute atomic E-state index is 0.187. The molecule has 1 aliphatic heterocycles. The van der Waals surface area contributed by atoms with Crippen LogP contribution in [0.15, 0.2) is 54.9 Å². The lowest BCUT2D eigenvalue weighted by atomic mass is 10.1. The van der Waals surface area contributed by atoms with Gasteiger partial charge < -0.3 is 20.1 Å². The van der Waals surface area contributed by atoms with Gasteiger partial charge in [0.25, 0.3) is 0 Å². The van der Waals surface area contributed by atoms with Gasteiger partial charge in [-0.3, -0.25) is 0 Å². The highest BCUT2D eigenvalue weighted by Gasteiger charge is 2.13. The first kappa shape index (κ1) is 17.1. The Morgan fingerprint density at radius 2 is 1.74 bits per heavy atom. The SMILES string of the molecule is Fc1ccccc1CCNc1cc(NCc2ccc3c(c2)OCO3)ncn1. The van der Waals surface area contributed by atoms with Crippen molar-refractivity contribution in [1.29, 1.82) is 0 Å². The second kappa shape index (κ2) is 7.90. The summed E-state index contributed by atoms with van der Waals surface area (Å²) in [6.07, 6.45) is 2.07. The number of ether oxygens (including phenoxy) is 2. The highest BCUT2D eigenvalue weighted by Crippen LogP contribution is 2.32. The average Bonchev–Trinajstić information content (AvgIpc) is 3.16. The number of nitrogens with zero attached hydrogens (tertiary/aromatic N) is 2. The minimum Gasteiger partial charge on any atom is -0.454 e. The molecule has 0 amide bonds. The van der Waals surface area contributed by atoms with Gasteiger partial charge in [0.1, 0.15) is 23.8 Å². The van der Waals surface area contributed by atoms with Crippen molar-refractivity contribution >= 4 is 11.6 Å². The molecule has 0 atom stereocenters. The van der Waals surface area contributed by atoms with Gasteiger partial charge in [-0.25, -0.2) is 14.4 Å². The Kier molecular flexibility index (Phi) is 5.00. The van der Waals surface area contributed by atoms with Gasteiger partial charge in [-0.1, -0.05) is 24.3 Å². The second-order valence-corrected chi connectivity index (χ2v) is 6.10. The van der Waals surface area contributed by atoms with E-state index >= 15 is 0 Å². The van der Waals surface area contributed by atoms with Crippen LogP contribution in [0.25, 0.3) is 0 Å². The summed E-state index contributed by atoms with van der Waals surface area (Å²) >= 11 is 0. The molecule has 1 aromatic heterocycles. The van der Waals surface area contributed by atoms with Gasteiger partial charge in [-0.15, -0.1) is 0 Å². The van der Waals surface area contributed by atoms with Gasteiger partial charge in [0.2, 0.25) is 6.79 Å². The molecule has 0 radical (unpaired) electrons. The Hall–Kier alpha value is -3.35. The molecule has 0 aliphatic carbocycles. The maximum absolute atomic E-state index is 13.6. The van der Waals surface area contributed by atoms with E-state index in [0.717, 1.165) is 17.1 Å². The van der Waals surface area contributed by atoms with Gasteiger partial charge >= 0.3 is 0 Å². The van der Waals surface area contributed by atoms with Crippen LogP contribution in [0.2, 0.25) is 0 Å². The zero-order chi connectivity index (χ0) is 18.5. The molecule has 3 aromatic rings. The molecule has 27 heavy (non-hydrogen) atoms. The molecule has 0 spiro atoms. The van der Waals surface area contributed by atoms with Crippen molar-refractivity contribution in [2.45, 2.75) is 13.0 Å². The molecule has 1 aliphatic rings. The summed E-state index contributed by atoms with van der Waals surface area (Å²) in [6.45, 7) is 1.45. The molecule has 0 unspecified atom stereocenters. The number of aromatic nitrogens is 2. The van der Waals surface area contributed by atoms with E-state index in [4.69, 9.17) is 9.47 Å². The van der Waals surface area contributed by atoms with E-state index in [0.29, 0.717) is 36.7 Å². The van der Waals surface area contributed by atoms with Gasteiger partial charge in [0.15, 0.2) is 11.5 Å². The van der Waals surface area contributed by atoms with E-state index < -0.39 is 0 Å². The topological polar surface area (TPSA) is 68.3 Å². The lowest BCUT2D eigenvalue weighted by molar-refractivity contribution is 0.174. The lowest BCUT2D eigenvalue weighted by Crippen LogP contribution is -2.08. The van der Waals surface area contributed by atoms with Crippen LogP contribution in [0.4, 0.5) is 16.0 Å². The largest absolute Gasteiger partial charge is 0.454 e. The van der Waals surface area contributed by atoms with Crippen LogP contribution in [0.1, 0.15) is 11.1 Å². The fraction of sp³-hybridized carbons (Fsp3) is 0.200. The summed E-state index contributed by atoms with van der Waals surface area (Å²) in [5.41, 5.74) is 1.74. The fourth-order valence-corrected chi connectivity index (χ4v) is 2.82. The van der Waals surface area contributed by atoms with Crippen molar-refractivity contribution in [3.8, 4) is 11.5 Å². The molecular formula is C20H19FN4O2. The molecule has 0 saturated heterocycles. The third kappa shape index (κ3) is 4.25. The van der Waals surface area contributed by atoms with Crippen molar-refractivity contribution < 1.29 is 13.9 Å². The summed E-state index contributed by atoms with van der Waals surface area (Å²) in [5, 5.41) is 6.46. The van der Waals surface area contributed by atoms with Crippen LogP contribution in [0.5, 0.6) is 11.5 Å². The molecule has 4 rings (SSSR count). The van der Waals surface area contributed by atoms with Crippen LogP contribution < -0.4 is 20.1 Å². The van der Waals surface area contributed by atoms with E-state index in [9.17, 15) is 4.39 Å². The molecule has 2 aromatic carbocycles. The first-order valence-corrected chi connectivity index (χ1v) is 8.70. The molecule has 138 valence electrons. The number of nitrogens with one attached hydrogen (secondary N) is 2. The van der Waals surface area contributed by atoms with Crippen LogP contribution in [0, 0.1) is 5.82 Å². The molecule has 0 fully saturated rings. The molecule has 2 N–H and O–H groups in total. The normalized spacial score (nSPS) is 12.0. The maximum Gasteiger partial charge on any atom is 0.231 e. The Labute approximate surface area is 156 Å². The molecule has 0 bridgehead atoms. The van der Waals surface area contributed by atoms with Crippen LogP contribution in [0.3, 0.4) is 0 Å². The summed E-state index contributed by atoms with van der Waals surface area (Å²) in [7, 11) is 0. The van der Waals surface area contributed by atoms with E-state index in [1.165, 1.54) is 12.4 Å². The predicted octanol–water partition coefficient (Wildman–Crippen LogP) is 3.61. The van der Waals surface area contributed by atoms with E-state index in [2.05, 4.69) is 20.6 Å². The summed E-state index contributed by atoms with van der Waals surface area (Å²) in [5.74, 6) is 2.73. The fourth-order valence-electron chi connectivity index (χ4n) is 2.82. The highest BCUT2D eigenvalue weighted by atomic mass is 19.1. The van der Waals surface area contributed by atoms with Gasteiger partial charge in [0, 0.05) is 19.2 Å². The number of fused-ring (bicyclic) bond motifs is 1. The molecule has 7 heteroatoms. The lowest BCUT2D eigenvalue weighted by Gasteiger charge is -2.09. The minimum atomic E-state index is -0.187. The zero-order valence-electron chi connectivity index (χ0n) is 14.6. The average molecular weight is 366 g/mol. The van der Waals surface area contributed by atoms with Crippen molar-refractivity contribution in [2.75, 3.05) is 24.0 Å². The predicted molar refractivity (Wildman–Crippen MR) is 101 cm³/mol. The Bertz CT molecular complexity index is 935. The smallest absolute Gasteiger partial charge is 0.231 e. The molecule has 6 nitrogen and oxygen atoms in total. The third-order valence-corrected chi connectivity index (χ3v) is 4.24. The van der Waals surface area contributed by atoms with Gasteiger partial charge in [0.05, 0.1) is 0 Å². The molecule has 2 heterocycles. The van der Waals surface area contributed by atoms with E-state index in [1.807, 2.05) is 30.3 Å².